The van der Waals surface area contributed by atoms with E-state index in [-0.39, 0.29) is 23.0 Å². The van der Waals surface area contributed by atoms with Crippen molar-refractivity contribution in [1.82, 2.24) is 0 Å². The third-order valence-corrected chi connectivity index (χ3v) is 11.1. The van der Waals surface area contributed by atoms with Gasteiger partial charge < -0.3 is 20.4 Å². The van der Waals surface area contributed by atoms with Crippen molar-refractivity contribution in [3.05, 3.63) is 206 Å². The molecule has 4 heteroatoms. The van der Waals surface area contributed by atoms with Crippen molar-refractivity contribution in [2.24, 2.45) is 0 Å². The molecule has 0 radical (unpaired) electrons. The monoisotopic (exact) mass is 764 g/mol. The van der Waals surface area contributed by atoms with Crippen LogP contribution in [0.3, 0.4) is 0 Å². The molecule has 0 heterocycles. The second kappa shape index (κ2) is 15.6. The number of phenols is 4. The zero-order valence-corrected chi connectivity index (χ0v) is 32.3. The van der Waals surface area contributed by atoms with Gasteiger partial charge in [-0.1, -0.05) is 194 Å². The Bertz CT molecular complexity index is 2960. The number of para-hydroxylation sites is 4. The van der Waals surface area contributed by atoms with E-state index in [0.29, 0.717) is 50.1 Å². The number of aromatic hydroxyl groups is 4. The van der Waals surface area contributed by atoms with Gasteiger partial charge in [0.25, 0.3) is 0 Å². The van der Waals surface area contributed by atoms with Gasteiger partial charge in [0, 0.05) is 44.5 Å². The lowest BCUT2D eigenvalue weighted by molar-refractivity contribution is 0.467. The molecule has 0 unspecified atom stereocenters. The Kier molecular flexibility index (Phi) is 9.73. The molecule has 0 atom stereocenters. The molecule has 0 aliphatic rings. The van der Waals surface area contributed by atoms with E-state index in [1.807, 2.05) is 140 Å². The Morgan fingerprint density at radius 3 is 0.932 bits per heavy atom. The smallest absolute Gasteiger partial charge is 0.131 e. The van der Waals surface area contributed by atoms with Crippen molar-refractivity contribution in [2.75, 3.05) is 0 Å². The molecule has 9 aromatic rings. The summed E-state index contributed by atoms with van der Waals surface area (Å²) in [6, 6.07) is 64.7. The van der Waals surface area contributed by atoms with E-state index in [1.165, 1.54) is 0 Å². The van der Waals surface area contributed by atoms with Gasteiger partial charge in [0.05, 0.1) is 0 Å². The molecule has 9 aromatic carbocycles. The summed E-state index contributed by atoms with van der Waals surface area (Å²) in [5.41, 5.74) is 12.3. The van der Waals surface area contributed by atoms with Crippen LogP contribution < -0.4 is 0 Å². The van der Waals surface area contributed by atoms with Crippen molar-refractivity contribution in [3.63, 3.8) is 0 Å². The molecule has 0 bridgehead atoms. The van der Waals surface area contributed by atoms with Crippen LogP contribution in [0.4, 0.5) is 0 Å². The first-order chi connectivity index (χ1) is 28.9. The van der Waals surface area contributed by atoms with Crippen molar-refractivity contribution >= 4 is 0 Å². The summed E-state index contributed by atoms with van der Waals surface area (Å²) in [6.07, 6.45) is 0. The zero-order chi connectivity index (χ0) is 40.5. The number of hydrogen-bond acceptors (Lipinski definition) is 4. The van der Waals surface area contributed by atoms with Gasteiger partial charge in [-0.25, -0.2) is 0 Å². The van der Waals surface area contributed by atoms with Gasteiger partial charge in [-0.05, 0) is 63.1 Å². The van der Waals surface area contributed by atoms with E-state index in [1.54, 1.807) is 18.2 Å². The fourth-order valence-electron chi connectivity index (χ4n) is 8.37. The summed E-state index contributed by atoms with van der Waals surface area (Å²) < 4.78 is 0. The molecule has 0 saturated carbocycles. The van der Waals surface area contributed by atoms with E-state index in [4.69, 9.17) is 0 Å². The van der Waals surface area contributed by atoms with Crippen LogP contribution in [-0.2, 0) is 0 Å². The maximum absolute atomic E-state index is 12.8. The van der Waals surface area contributed by atoms with E-state index >= 15 is 0 Å². The molecule has 0 spiro atoms. The molecule has 0 fully saturated rings. The fraction of sp³-hybridized carbons (Fsp3) is 0.0182. The highest BCUT2D eigenvalue weighted by molar-refractivity contribution is 6.16. The molecule has 0 aromatic heterocycles. The summed E-state index contributed by atoms with van der Waals surface area (Å²) in [5, 5.41) is 48.0. The van der Waals surface area contributed by atoms with Gasteiger partial charge in [-0.2, -0.15) is 0 Å². The first-order valence-electron chi connectivity index (χ1n) is 19.6. The van der Waals surface area contributed by atoms with Crippen LogP contribution in [0.25, 0.3) is 89.0 Å². The summed E-state index contributed by atoms with van der Waals surface area (Å²) in [6.45, 7) is 1.84. The third-order valence-electron chi connectivity index (χ3n) is 11.1. The van der Waals surface area contributed by atoms with Crippen molar-refractivity contribution in [2.45, 2.75) is 6.92 Å². The van der Waals surface area contributed by atoms with Crippen LogP contribution >= 0.6 is 0 Å². The minimum atomic E-state index is -0.0233. The minimum absolute atomic E-state index is 0.0198. The second-order valence-electron chi connectivity index (χ2n) is 14.6. The second-order valence-corrected chi connectivity index (χ2v) is 14.6. The Labute approximate surface area is 343 Å². The first kappa shape index (κ1) is 36.8. The van der Waals surface area contributed by atoms with Gasteiger partial charge in [0.1, 0.15) is 23.0 Å². The molecule has 4 N–H and O–H groups in total. The van der Waals surface area contributed by atoms with Crippen LogP contribution in [-0.4, -0.2) is 20.4 Å². The Morgan fingerprint density at radius 2 is 0.525 bits per heavy atom. The van der Waals surface area contributed by atoms with Crippen LogP contribution in [0.2, 0.25) is 0 Å². The van der Waals surface area contributed by atoms with E-state index in [0.717, 1.165) is 44.5 Å². The average molecular weight is 765 g/mol. The molecule has 4 nitrogen and oxygen atoms in total. The molecule has 284 valence electrons. The molecule has 9 rings (SSSR count). The van der Waals surface area contributed by atoms with E-state index in [2.05, 4.69) is 48.5 Å². The Morgan fingerprint density at radius 1 is 0.237 bits per heavy atom. The fourth-order valence-corrected chi connectivity index (χ4v) is 8.37. The largest absolute Gasteiger partial charge is 0.507 e. The summed E-state index contributed by atoms with van der Waals surface area (Å²) >= 11 is 0. The topological polar surface area (TPSA) is 80.9 Å². The van der Waals surface area contributed by atoms with Crippen molar-refractivity contribution < 1.29 is 20.4 Å². The predicted molar refractivity (Wildman–Crippen MR) is 241 cm³/mol. The van der Waals surface area contributed by atoms with Gasteiger partial charge in [0.2, 0.25) is 0 Å². The van der Waals surface area contributed by atoms with Gasteiger partial charge in [0.15, 0.2) is 0 Å². The van der Waals surface area contributed by atoms with Gasteiger partial charge in [-0.3, -0.25) is 0 Å². The Hall–Kier alpha value is -7.82. The molecule has 0 amide bonds. The van der Waals surface area contributed by atoms with Crippen LogP contribution in [0, 0.1) is 6.92 Å². The van der Waals surface area contributed by atoms with E-state index < -0.39 is 0 Å². The maximum atomic E-state index is 12.8. The number of phenolic OH excluding ortho intramolecular Hbond substituents is 4. The standard InChI is InChI=1S/C55H40O4/c1-35-19-16-29-42(53(35)57)43-31-18-33-45(55(43)59)52-50(39-26-12-5-13-27-39)48(37-22-8-3-9-23-37)47(36-20-6-2-7-21-36)49(38-24-10-4-11-25-38)51(52)44-32-17-30-41(54(44)58)40-28-14-15-34-46(40)56/h2-34,56-59H,1H3. The lowest BCUT2D eigenvalue weighted by atomic mass is 9.73. The van der Waals surface area contributed by atoms with Crippen molar-refractivity contribution in [3.8, 4) is 112 Å². The predicted octanol–water partition coefficient (Wildman–Crippen LogP) is 14.2. The summed E-state index contributed by atoms with van der Waals surface area (Å²) in [5.74, 6) is 0.0885. The number of benzene rings is 9. The van der Waals surface area contributed by atoms with Crippen LogP contribution in [0.15, 0.2) is 200 Å². The molecular weight excluding hydrogens is 725 g/mol. The third kappa shape index (κ3) is 6.57. The highest BCUT2D eigenvalue weighted by atomic mass is 16.3. The highest BCUT2D eigenvalue weighted by Gasteiger charge is 2.32. The zero-order valence-electron chi connectivity index (χ0n) is 32.3. The van der Waals surface area contributed by atoms with Gasteiger partial charge in [-0.15, -0.1) is 0 Å². The highest BCUT2D eigenvalue weighted by Crippen LogP contribution is 2.59. The first-order valence-corrected chi connectivity index (χ1v) is 19.6. The molecule has 0 saturated heterocycles. The van der Waals surface area contributed by atoms with Crippen LogP contribution in [0.5, 0.6) is 23.0 Å². The number of hydrogen-bond donors (Lipinski definition) is 4. The SMILES string of the molecule is Cc1cccc(-c2cccc(-c3c(-c4ccccc4)c(-c4ccccc4)c(-c4ccccc4)c(-c4ccccc4)c3-c3cccc(-c4ccccc4O)c3O)c2O)c1O. The lowest BCUT2D eigenvalue weighted by Crippen LogP contribution is -2.03. The molecule has 0 aliphatic heterocycles. The molecular formula is C55H40O4. The summed E-state index contributed by atoms with van der Waals surface area (Å²) in [4.78, 5) is 0. The van der Waals surface area contributed by atoms with Crippen molar-refractivity contribution in [1.29, 1.82) is 0 Å². The summed E-state index contributed by atoms with van der Waals surface area (Å²) in [7, 11) is 0. The van der Waals surface area contributed by atoms with E-state index in [9.17, 15) is 20.4 Å². The van der Waals surface area contributed by atoms with Gasteiger partial charge >= 0.3 is 0 Å². The number of rotatable bonds is 8. The lowest BCUT2D eigenvalue weighted by Gasteiger charge is -2.29. The quantitative estimate of drug-likeness (QED) is 0.124. The Balaban J connectivity index is 1.58. The minimum Gasteiger partial charge on any atom is -0.507 e. The average Bonchev–Trinajstić information content (AvgIpc) is 3.28. The van der Waals surface area contributed by atoms with Crippen LogP contribution in [0.1, 0.15) is 5.56 Å². The number of aryl methyl sites for hydroxylation is 1. The maximum Gasteiger partial charge on any atom is 0.131 e. The molecule has 59 heavy (non-hydrogen) atoms. The normalized spacial score (nSPS) is 11.1. The molecule has 0 aliphatic carbocycles.